The Hall–Kier alpha value is -5.55. The van der Waals surface area contributed by atoms with Crippen LogP contribution in [0.2, 0.25) is 0 Å². The molecule has 4 aromatic rings. The van der Waals surface area contributed by atoms with Crippen LogP contribution in [0.1, 0.15) is 26.3 Å². The first-order valence-corrected chi connectivity index (χ1v) is 14.2. The van der Waals surface area contributed by atoms with Gasteiger partial charge in [-0.1, -0.05) is 30.3 Å². The van der Waals surface area contributed by atoms with Crippen LogP contribution in [0.4, 0.5) is 11.4 Å². The van der Waals surface area contributed by atoms with Gasteiger partial charge in [0.1, 0.15) is 17.2 Å². The van der Waals surface area contributed by atoms with Gasteiger partial charge < -0.3 is 30.5 Å². The summed E-state index contributed by atoms with van der Waals surface area (Å²) in [6, 6.07) is 26.5. The number of anilines is 2. The highest BCUT2D eigenvalue weighted by Gasteiger charge is 2.17. The molecule has 4 N–H and O–H groups in total. The lowest BCUT2D eigenvalue weighted by molar-refractivity contribution is -0.114. The maximum absolute atomic E-state index is 13.5. The Kier molecular flexibility index (Phi) is 10.8. The van der Waals surface area contributed by atoms with Gasteiger partial charge in [0.25, 0.3) is 11.8 Å². The number of ether oxygens (including phenoxy) is 2. The van der Waals surface area contributed by atoms with Crippen molar-refractivity contribution in [2.24, 2.45) is 0 Å². The van der Waals surface area contributed by atoms with Gasteiger partial charge in [-0.15, -0.1) is 11.8 Å². The summed E-state index contributed by atoms with van der Waals surface area (Å²) in [6.45, 7) is 0. The predicted molar refractivity (Wildman–Crippen MR) is 169 cm³/mol. The number of methoxy groups -OCH3 is 2. The number of carboxylic acids is 1. The van der Waals surface area contributed by atoms with Crippen LogP contribution in [0.25, 0.3) is 6.08 Å². The fourth-order valence-corrected chi connectivity index (χ4v) is 4.73. The Morgan fingerprint density at radius 2 is 1.48 bits per heavy atom. The predicted octanol–water partition coefficient (Wildman–Crippen LogP) is 5.54. The van der Waals surface area contributed by atoms with E-state index >= 15 is 0 Å². The van der Waals surface area contributed by atoms with E-state index in [1.54, 1.807) is 84.9 Å². The number of carbonyl (C=O) groups is 4. The summed E-state index contributed by atoms with van der Waals surface area (Å²) >= 11 is 1.23. The van der Waals surface area contributed by atoms with Crippen molar-refractivity contribution in [1.82, 2.24) is 5.32 Å². The second-order valence-corrected chi connectivity index (χ2v) is 10.2. The number of hydrogen-bond donors (Lipinski definition) is 4. The minimum absolute atomic E-state index is 0.0247. The standard InChI is InChI=1S/C33H29N3O7S/c1-42-26-15-14-22(29(19-26)43-2)17-28(36-31(38)21-8-4-3-5-9-21)32(39)35-25-12-7-13-27(18-25)44-20-30(37)34-24-11-6-10-23(16-24)33(40)41/h3-19H,20H2,1-2H3,(H,34,37)(H,35,39)(H,36,38)(H,40,41)/b28-17+. The molecule has 0 spiro atoms. The fraction of sp³-hybridized carbons (Fsp3) is 0.0909. The van der Waals surface area contributed by atoms with E-state index in [4.69, 9.17) is 14.6 Å². The van der Waals surface area contributed by atoms with E-state index < -0.39 is 17.8 Å². The summed E-state index contributed by atoms with van der Waals surface area (Å²) < 4.78 is 10.7. The molecule has 224 valence electrons. The van der Waals surface area contributed by atoms with Crippen LogP contribution >= 0.6 is 11.8 Å². The third-order valence-corrected chi connectivity index (χ3v) is 7.12. The Morgan fingerprint density at radius 1 is 0.773 bits per heavy atom. The molecule has 3 amide bonds. The first-order valence-electron chi connectivity index (χ1n) is 13.2. The summed E-state index contributed by atoms with van der Waals surface area (Å²) in [4.78, 5) is 50.9. The fourth-order valence-electron chi connectivity index (χ4n) is 3.97. The van der Waals surface area contributed by atoms with Crippen molar-refractivity contribution in [3.63, 3.8) is 0 Å². The van der Waals surface area contributed by atoms with E-state index in [0.29, 0.717) is 38.9 Å². The Morgan fingerprint density at radius 3 is 2.18 bits per heavy atom. The molecule has 0 unspecified atom stereocenters. The van der Waals surface area contributed by atoms with E-state index in [-0.39, 0.29) is 22.9 Å². The molecule has 0 aromatic heterocycles. The lowest BCUT2D eigenvalue weighted by atomic mass is 10.1. The van der Waals surface area contributed by atoms with Gasteiger partial charge in [-0.25, -0.2) is 4.79 Å². The van der Waals surface area contributed by atoms with E-state index in [0.717, 1.165) is 0 Å². The van der Waals surface area contributed by atoms with Crippen molar-refractivity contribution in [1.29, 1.82) is 0 Å². The van der Waals surface area contributed by atoms with E-state index in [1.807, 2.05) is 0 Å². The number of hydrogen-bond acceptors (Lipinski definition) is 7. The molecular formula is C33H29N3O7S. The van der Waals surface area contributed by atoms with Crippen molar-refractivity contribution in [3.05, 3.63) is 119 Å². The lowest BCUT2D eigenvalue weighted by Gasteiger charge is -2.13. The van der Waals surface area contributed by atoms with Gasteiger partial charge >= 0.3 is 5.97 Å². The number of rotatable bonds is 12. The SMILES string of the molecule is COc1ccc(/C=C(/NC(=O)c2ccccc2)C(=O)Nc2cccc(SCC(=O)Nc3cccc(C(=O)O)c3)c2)c(OC)c1. The monoisotopic (exact) mass is 611 g/mol. The molecule has 4 rings (SSSR count). The summed E-state index contributed by atoms with van der Waals surface area (Å²) in [7, 11) is 3.02. The highest BCUT2D eigenvalue weighted by Crippen LogP contribution is 2.27. The molecule has 0 heterocycles. The van der Waals surface area contributed by atoms with Gasteiger partial charge in [0.15, 0.2) is 0 Å². The second-order valence-electron chi connectivity index (χ2n) is 9.19. The third-order valence-electron chi connectivity index (χ3n) is 6.12. The molecule has 0 aliphatic heterocycles. The van der Waals surface area contributed by atoms with Crippen molar-refractivity contribution < 1.29 is 33.8 Å². The molecule has 0 atom stereocenters. The number of nitrogens with one attached hydrogen (secondary N) is 3. The first-order chi connectivity index (χ1) is 21.2. The van der Waals surface area contributed by atoms with Crippen molar-refractivity contribution in [2.75, 3.05) is 30.6 Å². The van der Waals surface area contributed by atoms with Crippen LogP contribution in [-0.2, 0) is 9.59 Å². The summed E-state index contributed by atoms with van der Waals surface area (Å²) in [6.07, 6.45) is 1.51. The average Bonchev–Trinajstić information content (AvgIpc) is 3.04. The molecule has 0 aliphatic carbocycles. The number of benzene rings is 4. The summed E-state index contributed by atoms with van der Waals surface area (Å²) in [5, 5.41) is 17.3. The van der Waals surface area contributed by atoms with Gasteiger partial charge in [0.05, 0.1) is 25.5 Å². The maximum atomic E-state index is 13.5. The van der Waals surface area contributed by atoms with E-state index in [2.05, 4.69) is 16.0 Å². The zero-order valence-electron chi connectivity index (χ0n) is 23.8. The van der Waals surface area contributed by atoms with Gasteiger partial charge in [0.2, 0.25) is 5.91 Å². The minimum atomic E-state index is -1.09. The largest absolute Gasteiger partial charge is 0.497 e. The van der Waals surface area contributed by atoms with Crippen LogP contribution in [0.15, 0.2) is 108 Å². The highest BCUT2D eigenvalue weighted by molar-refractivity contribution is 8.00. The Bertz CT molecular complexity index is 1710. The summed E-state index contributed by atoms with van der Waals surface area (Å²) in [5.74, 6) is -1.41. The number of amides is 3. The third kappa shape index (κ3) is 8.73. The molecular weight excluding hydrogens is 582 g/mol. The van der Waals surface area contributed by atoms with Crippen molar-refractivity contribution in [2.45, 2.75) is 4.90 Å². The van der Waals surface area contributed by atoms with E-state index in [1.165, 1.54) is 44.2 Å². The molecule has 10 nitrogen and oxygen atoms in total. The Balaban J connectivity index is 1.49. The van der Waals surface area contributed by atoms with Gasteiger partial charge in [-0.2, -0.15) is 0 Å². The second kappa shape index (κ2) is 15.1. The molecule has 0 bridgehead atoms. The van der Waals surface area contributed by atoms with Gasteiger partial charge in [-0.05, 0) is 66.7 Å². The molecule has 44 heavy (non-hydrogen) atoms. The summed E-state index contributed by atoms with van der Waals surface area (Å²) in [5.41, 5.74) is 1.77. The van der Waals surface area contributed by atoms with E-state index in [9.17, 15) is 19.2 Å². The van der Waals surface area contributed by atoms with Crippen LogP contribution in [0, 0.1) is 0 Å². The number of carboxylic acid groups (broad SMARTS) is 1. The van der Waals surface area contributed by atoms with Crippen molar-refractivity contribution >= 4 is 52.9 Å². The van der Waals surface area contributed by atoms with Crippen molar-refractivity contribution in [3.8, 4) is 11.5 Å². The molecule has 4 aromatic carbocycles. The lowest BCUT2D eigenvalue weighted by Crippen LogP contribution is -2.30. The smallest absolute Gasteiger partial charge is 0.335 e. The molecule has 11 heteroatoms. The topological polar surface area (TPSA) is 143 Å². The highest BCUT2D eigenvalue weighted by atomic mass is 32.2. The van der Waals surface area contributed by atoms with Gasteiger partial charge in [-0.3, -0.25) is 14.4 Å². The molecule has 0 fully saturated rings. The minimum Gasteiger partial charge on any atom is -0.497 e. The Labute approximate surface area is 258 Å². The van der Waals surface area contributed by atoms with Crippen LogP contribution in [-0.4, -0.2) is 48.8 Å². The first kappa shape index (κ1) is 31.4. The van der Waals surface area contributed by atoms with Crippen LogP contribution in [0.3, 0.4) is 0 Å². The molecule has 0 saturated heterocycles. The quantitative estimate of drug-likeness (QED) is 0.121. The van der Waals surface area contributed by atoms with Crippen LogP contribution in [0.5, 0.6) is 11.5 Å². The average molecular weight is 612 g/mol. The maximum Gasteiger partial charge on any atom is 0.335 e. The normalized spacial score (nSPS) is 10.8. The van der Waals surface area contributed by atoms with Gasteiger partial charge in [0, 0.05) is 33.5 Å². The molecule has 0 saturated carbocycles. The number of aromatic carboxylic acids is 1. The number of thioether (sulfide) groups is 1. The molecule has 0 aliphatic rings. The number of carbonyl (C=O) groups excluding carboxylic acids is 3. The zero-order chi connectivity index (χ0) is 31.5. The zero-order valence-corrected chi connectivity index (χ0v) is 24.6. The van der Waals surface area contributed by atoms with Crippen LogP contribution < -0.4 is 25.4 Å². The molecule has 0 radical (unpaired) electrons.